The maximum atomic E-state index is 10.5. The third-order valence-electron chi connectivity index (χ3n) is 1.18. The predicted octanol–water partition coefficient (Wildman–Crippen LogP) is -0.331. The van der Waals surface area contributed by atoms with Gasteiger partial charge in [0.1, 0.15) is 0 Å². The summed E-state index contributed by atoms with van der Waals surface area (Å²) in [6.45, 7) is 2.24. The molecule has 0 aromatic carbocycles. The van der Waals surface area contributed by atoms with E-state index < -0.39 is 7.05 Å². The Morgan fingerprint density at radius 2 is 2.45 bits per heavy atom. The highest BCUT2D eigenvalue weighted by Gasteiger charge is 2.00. The van der Waals surface area contributed by atoms with Gasteiger partial charge in [0.25, 0.3) is 0 Å². The molecule has 11 heavy (non-hydrogen) atoms. The van der Waals surface area contributed by atoms with Gasteiger partial charge in [-0.2, -0.15) is 0 Å². The first-order valence-electron chi connectivity index (χ1n) is 3.57. The lowest BCUT2D eigenvalue weighted by Gasteiger charge is -2.00. The molecule has 0 bridgehead atoms. The van der Waals surface area contributed by atoms with E-state index in [1.165, 1.54) is 0 Å². The van der Waals surface area contributed by atoms with Crippen molar-refractivity contribution in [1.29, 1.82) is 0 Å². The van der Waals surface area contributed by atoms with E-state index in [0.717, 1.165) is 0 Å². The van der Waals surface area contributed by atoms with E-state index in [4.69, 9.17) is 11.4 Å². The maximum Gasteiger partial charge on any atom is 0.373 e. The number of Topliss-reactive ketones (excluding diaryl/α,β-unsaturated/α-hetero) is 1. The molecular weight excluding hydrogens is 141 g/mol. The van der Waals surface area contributed by atoms with Crippen LogP contribution in [0.25, 0.3) is 0 Å². The summed E-state index contributed by atoms with van der Waals surface area (Å²) in [6, 6.07) is 0. The van der Waals surface area contributed by atoms with Crippen LogP contribution < -0.4 is 5.23 Å². The Morgan fingerprint density at radius 3 is 2.91 bits per heavy atom. The minimum Gasteiger partial charge on any atom is -0.437 e. The fraction of sp³-hybridized carbons (Fsp3) is 0.571. The first kappa shape index (κ1) is 10.2. The minimum absolute atomic E-state index is 0.183. The van der Waals surface area contributed by atoms with Crippen LogP contribution in [0.3, 0.4) is 0 Å². The number of rotatable bonds is 5. The van der Waals surface area contributed by atoms with Gasteiger partial charge in [0.05, 0.1) is 0 Å². The monoisotopic (exact) mass is 153 g/mol. The second-order valence-corrected chi connectivity index (χ2v) is 2.30. The molecule has 0 fully saturated rings. The summed E-state index contributed by atoms with van der Waals surface area (Å²) in [5.41, 5.74) is 0. The molecule has 60 valence electrons. The largest absolute Gasteiger partial charge is 0.437 e. The van der Waals surface area contributed by atoms with Crippen LogP contribution >= 0.6 is 0 Å². The van der Waals surface area contributed by atoms with Gasteiger partial charge in [0, 0.05) is 6.42 Å². The van der Waals surface area contributed by atoms with Gasteiger partial charge in [0.2, 0.25) is 5.78 Å². The van der Waals surface area contributed by atoms with Crippen molar-refractivity contribution in [2.75, 3.05) is 6.54 Å². The second kappa shape index (κ2) is 5.96. The second-order valence-electron chi connectivity index (χ2n) is 2.30. The summed E-state index contributed by atoms with van der Waals surface area (Å²) in [4.78, 5) is 10.5. The smallest absolute Gasteiger partial charge is 0.373 e. The first-order chi connectivity index (χ1) is 5.16. The minimum atomic E-state index is -0.518. The molecule has 0 aromatic heterocycles. The zero-order valence-electron chi connectivity index (χ0n) is 6.63. The summed E-state index contributed by atoms with van der Waals surface area (Å²) in [6.07, 6.45) is 5.90. The van der Waals surface area contributed by atoms with Gasteiger partial charge in [-0.05, 0) is 25.7 Å². The Balaban J connectivity index is 3.16. The molecule has 0 spiro atoms. The summed E-state index contributed by atoms with van der Waals surface area (Å²) in [5, 5.41) is 11.5. The third-order valence-corrected chi connectivity index (χ3v) is 1.18. The lowest BCUT2D eigenvalue weighted by Crippen LogP contribution is -2.31. The molecule has 0 saturated carbocycles. The summed E-state index contributed by atoms with van der Waals surface area (Å²) >= 11 is 0. The molecule has 0 amide bonds. The molecule has 0 atom stereocenters. The van der Waals surface area contributed by atoms with Gasteiger partial charge in [-0.15, -0.1) is 6.42 Å². The quantitative estimate of drug-likeness (QED) is 0.246. The molecule has 0 aromatic rings. The predicted molar refractivity (Wildman–Crippen MR) is 44.9 cm³/mol. The highest BCUT2D eigenvalue weighted by atomic mass is 16.2. The molecular formula is C7H12BNO2. The van der Waals surface area contributed by atoms with Crippen LogP contribution in [0.2, 0.25) is 6.82 Å². The van der Waals surface area contributed by atoms with Crippen LogP contribution in [0, 0.1) is 12.3 Å². The van der Waals surface area contributed by atoms with Crippen LogP contribution in [-0.2, 0) is 4.79 Å². The van der Waals surface area contributed by atoms with Gasteiger partial charge in [-0.25, -0.2) is 0 Å². The summed E-state index contributed by atoms with van der Waals surface area (Å²) in [7, 11) is -0.518. The van der Waals surface area contributed by atoms with E-state index in [2.05, 4.69) is 5.23 Å². The third kappa shape index (κ3) is 7.11. The molecule has 0 aliphatic rings. The molecule has 0 saturated heterocycles. The first-order valence-corrected chi connectivity index (χ1v) is 3.57. The summed E-state index contributed by atoms with van der Waals surface area (Å²) in [5.74, 6) is 1.84. The number of hydrogen-bond acceptors (Lipinski definition) is 3. The number of terminal acetylenes is 1. The van der Waals surface area contributed by atoms with Crippen LogP contribution in [0.1, 0.15) is 12.8 Å². The molecule has 0 heterocycles. The van der Waals surface area contributed by atoms with Crippen LogP contribution in [-0.4, -0.2) is 24.4 Å². The van der Waals surface area contributed by atoms with E-state index in [0.29, 0.717) is 19.4 Å². The van der Waals surface area contributed by atoms with Gasteiger partial charge >= 0.3 is 7.05 Å². The van der Waals surface area contributed by atoms with Gasteiger partial charge in [0.15, 0.2) is 0 Å². The molecule has 0 rings (SSSR count). The van der Waals surface area contributed by atoms with Crippen molar-refractivity contribution in [3.8, 4) is 12.3 Å². The number of carbonyl (C=O) groups is 1. The van der Waals surface area contributed by atoms with Crippen molar-refractivity contribution >= 4 is 12.8 Å². The van der Waals surface area contributed by atoms with Gasteiger partial charge < -0.3 is 10.3 Å². The van der Waals surface area contributed by atoms with Crippen molar-refractivity contribution in [3.05, 3.63) is 0 Å². The van der Waals surface area contributed by atoms with E-state index in [1.807, 2.05) is 5.92 Å². The summed E-state index contributed by atoms with van der Waals surface area (Å²) < 4.78 is 0. The topological polar surface area (TPSA) is 49.3 Å². The van der Waals surface area contributed by atoms with Crippen molar-refractivity contribution in [1.82, 2.24) is 5.23 Å². The maximum absolute atomic E-state index is 10.5. The highest BCUT2D eigenvalue weighted by molar-refractivity contribution is 6.45. The Kier molecular flexibility index (Phi) is 5.53. The van der Waals surface area contributed by atoms with Crippen molar-refractivity contribution < 1.29 is 9.82 Å². The van der Waals surface area contributed by atoms with E-state index in [1.54, 1.807) is 6.82 Å². The van der Waals surface area contributed by atoms with E-state index in [-0.39, 0.29) is 5.78 Å². The molecule has 4 heteroatoms. The van der Waals surface area contributed by atoms with Crippen molar-refractivity contribution in [3.63, 3.8) is 0 Å². The van der Waals surface area contributed by atoms with Crippen LogP contribution in [0.4, 0.5) is 0 Å². The SMILES string of the molecule is C#CC(=O)CCCNB(C)O. The van der Waals surface area contributed by atoms with Crippen LogP contribution in [0.15, 0.2) is 0 Å². The Hall–Kier alpha value is -0.785. The molecule has 0 unspecified atom stereocenters. The average Bonchev–Trinajstić information content (AvgIpc) is 1.97. The molecule has 3 nitrogen and oxygen atoms in total. The number of carbonyl (C=O) groups excluding carboxylic acids is 1. The molecule has 0 aliphatic heterocycles. The fourth-order valence-corrected chi connectivity index (χ4v) is 0.632. The van der Waals surface area contributed by atoms with Crippen molar-refractivity contribution in [2.24, 2.45) is 0 Å². The van der Waals surface area contributed by atoms with Crippen LogP contribution in [0.5, 0.6) is 0 Å². The zero-order valence-corrected chi connectivity index (χ0v) is 6.63. The Labute approximate surface area is 67.3 Å². The lowest BCUT2D eigenvalue weighted by atomic mass is 9.89. The van der Waals surface area contributed by atoms with E-state index >= 15 is 0 Å². The highest BCUT2D eigenvalue weighted by Crippen LogP contribution is 1.87. The number of nitrogens with one attached hydrogen (secondary N) is 1. The average molecular weight is 153 g/mol. The normalized spacial score (nSPS) is 8.82. The molecule has 0 radical (unpaired) electrons. The van der Waals surface area contributed by atoms with Gasteiger partial charge in [-0.1, -0.05) is 0 Å². The van der Waals surface area contributed by atoms with E-state index in [9.17, 15) is 4.79 Å². The number of ketones is 1. The molecule has 2 N–H and O–H groups in total. The fourth-order valence-electron chi connectivity index (χ4n) is 0.632. The zero-order chi connectivity index (χ0) is 8.69. The Morgan fingerprint density at radius 1 is 1.82 bits per heavy atom. The Bertz CT molecular complexity index is 162. The standard InChI is InChI=1S/C7H12BNO2/c1-3-7(10)5-4-6-9-8(2)11/h1,9,11H,4-6H2,2H3. The van der Waals surface area contributed by atoms with Gasteiger partial charge in [-0.3, -0.25) is 4.79 Å². The number of hydrogen-bond donors (Lipinski definition) is 2. The molecule has 0 aliphatic carbocycles. The van der Waals surface area contributed by atoms with Crippen molar-refractivity contribution in [2.45, 2.75) is 19.7 Å². The lowest BCUT2D eigenvalue weighted by molar-refractivity contribution is -0.113.